The van der Waals surface area contributed by atoms with Crippen LogP contribution in [0.15, 0.2) is 42.5 Å². The molecule has 0 amide bonds. The summed E-state index contributed by atoms with van der Waals surface area (Å²) in [5.41, 5.74) is 1.95. The van der Waals surface area contributed by atoms with Gasteiger partial charge in [0.15, 0.2) is 11.5 Å². The highest BCUT2D eigenvalue weighted by atomic mass is 16.5. The van der Waals surface area contributed by atoms with Crippen LogP contribution in [0, 0.1) is 0 Å². The van der Waals surface area contributed by atoms with Crippen molar-refractivity contribution < 1.29 is 14.6 Å². The first-order valence-corrected chi connectivity index (χ1v) is 6.32. The summed E-state index contributed by atoms with van der Waals surface area (Å²) in [6.07, 6.45) is 0.948. The van der Waals surface area contributed by atoms with E-state index >= 15 is 0 Å². The van der Waals surface area contributed by atoms with Gasteiger partial charge in [0.1, 0.15) is 5.75 Å². The van der Waals surface area contributed by atoms with Crippen molar-refractivity contribution in [1.82, 2.24) is 0 Å². The lowest BCUT2D eigenvalue weighted by Gasteiger charge is -2.13. The third kappa shape index (κ3) is 3.06. The minimum atomic E-state index is -0.0501. The maximum Gasteiger partial charge on any atom is 0.169 e. The van der Waals surface area contributed by atoms with Gasteiger partial charge in [0.25, 0.3) is 0 Å². The number of methoxy groups -OCH3 is 1. The predicted octanol–water partition coefficient (Wildman–Crippen LogP) is 3.54. The van der Waals surface area contributed by atoms with E-state index in [0.29, 0.717) is 17.2 Å². The lowest BCUT2D eigenvalue weighted by atomic mass is 10.1. The van der Waals surface area contributed by atoms with E-state index in [1.807, 2.05) is 42.5 Å². The number of benzene rings is 2. The van der Waals surface area contributed by atoms with Crippen LogP contribution in [0.25, 0.3) is 0 Å². The van der Waals surface area contributed by atoms with Crippen LogP contribution < -0.4 is 9.47 Å². The highest BCUT2D eigenvalue weighted by Gasteiger charge is 2.09. The minimum Gasteiger partial charge on any atom is -0.493 e. The number of para-hydroxylation sites is 1. The second-order valence-corrected chi connectivity index (χ2v) is 4.21. The fourth-order valence-electron chi connectivity index (χ4n) is 1.87. The molecule has 0 unspecified atom stereocenters. The van der Waals surface area contributed by atoms with Gasteiger partial charge in [-0.2, -0.15) is 0 Å². The van der Waals surface area contributed by atoms with Crippen molar-refractivity contribution in [3.05, 3.63) is 53.6 Å². The molecule has 100 valence electrons. The molecule has 0 fully saturated rings. The summed E-state index contributed by atoms with van der Waals surface area (Å²) in [5, 5.41) is 9.29. The van der Waals surface area contributed by atoms with Crippen molar-refractivity contribution in [3.63, 3.8) is 0 Å². The van der Waals surface area contributed by atoms with Gasteiger partial charge in [0.05, 0.1) is 13.7 Å². The molecule has 2 aromatic rings. The summed E-state index contributed by atoms with van der Waals surface area (Å²) < 4.78 is 11.2. The Labute approximate surface area is 113 Å². The largest absolute Gasteiger partial charge is 0.493 e. The third-order valence-electron chi connectivity index (χ3n) is 3.00. The molecule has 0 saturated heterocycles. The SMILES string of the molecule is CCc1ccc(Oc2ccccc2CO)c(OC)c1. The highest BCUT2D eigenvalue weighted by Crippen LogP contribution is 2.33. The van der Waals surface area contributed by atoms with Gasteiger partial charge in [-0.05, 0) is 30.2 Å². The summed E-state index contributed by atoms with van der Waals surface area (Å²) in [7, 11) is 1.62. The van der Waals surface area contributed by atoms with E-state index in [1.54, 1.807) is 7.11 Å². The smallest absolute Gasteiger partial charge is 0.169 e. The fraction of sp³-hybridized carbons (Fsp3) is 0.250. The van der Waals surface area contributed by atoms with E-state index in [1.165, 1.54) is 5.56 Å². The molecule has 0 saturated carbocycles. The molecule has 2 aromatic carbocycles. The topological polar surface area (TPSA) is 38.7 Å². The maximum absolute atomic E-state index is 9.29. The normalized spacial score (nSPS) is 10.3. The zero-order chi connectivity index (χ0) is 13.7. The predicted molar refractivity (Wildman–Crippen MR) is 74.8 cm³/mol. The standard InChI is InChI=1S/C16H18O3/c1-3-12-8-9-15(16(10-12)18-2)19-14-7-5-4-6-13(14)11-17/h4-10,17H,3,11H2,1-2H3. The molecule has 3 nitrogen and oxygen atoms in total. The van der Waals surface area contributed by atoms with Crippen molar-refractivity contribution in [1.29, 1.82) is 0 Å². The van der Waals surface area contributed by atoms with Gasteiger partial charge in [-0.3, -0.25) is 0 Å². The third-order valence-corrected chi connectivity index (χ3v) is 3.00. The van der Waals surface area contributed by atoms with Gasteiger partial charge in [0.2, 0.25) is 0 Å². The van der Waals surface area contributed by atoms with Crippen LogP contribution in [-0.2, 0) is 13.0 Å². The first-order valence-electron chi connectivity index (χ1n) is 6.32. The van der Waals surface area contributed by atoms with Gasteiger partial charge in [-0.15, -0.1) is 0 Å². The van der Waals surface area contributed by atoms with E-state index in [2.05, 4.69) is 6.92 Å². The lowest BCUT2D eigenvalue weighted by molar-refractivity contribution is 0.275. The zero-order valence-corrected chi connectivity index (χ0v) is 11.2. The monoisotopic (exact) mass is 258 g/mol. The first kappa shape index (κ1) is 13.4. The van der Waals surface area contributed by atoms with Gasteiger partial charge in [-0.25, -0.2) is 0 Å². The van der Waals surface area contributed by atoms with Crippen LogP contribution in [0.5, 0.6) is 17.2 Å². The Kier molecular flexibility index (Phi) is 4.42. The summed E-state index contributed by atoms with van der Waals surface area (Å²) in [4.78, 5) is 0. The van der Waals surface area contributed by atoms with Crippen LogP contribution >= 0.6 is 0 Å². The van der Waals surface area contributed by atoms with Crippen molar-refractivity contribution >= 4 is 0 Å². The maximum atomic E-state index is 9.29. The number of aryl methyl sites for hydroxylation is 1. The summed E-state index contributed by atoms with van der Waals surface area (Å²) in [5.74, 6) is 2.00. The van der Waals surface area contributed by atoms with Crippen LogP contribution in [0.3, 0.4) is 0 Å². The molecule has 19 heavy (non-hydrogen) atoms. The fourth-order valence-corrected chi connectivity index (χ4v) is 1.87. The molecule has 2 rings (SSSR count). The Bertz CT molecular complexity index is 549. The number of hydrogen-bond donors (Lipinski definition) is 1. The molecule has 0 aliphatic rings. The zero-order valence-electron chi connectivity index (χ0n) is 11.2. The number of ether oxygens (including phenoxy) is 2. The average Bonchev–Trinajstić information content (AvgIpc) is 2.48. The molecule has 0 aromatic heterocycles. The van der Waals surface area contributed by atoms with Crippen LogP contribution in [0.2, 0.25) is 0 Å². The van der Waals surface area contributed by atoms with Crippen LogP contribution in [0.4, 0.5) is 0 Å². The van der Waals surface area contributed by atoms with E-state index in [4.69, 9.17) is 9.47 Å². The first-order chi connectivity index (χ1) is 9.28. The Morgan fingerprint density at radius 3 is 2.47 bits per heavy atom. The molecule has 3 heteroatoms. The van der Waals surface area contributed by atoms with E-state index in [0.717, 1.165) is 12.0 Å². The lowest BCUT2D eigenvalue weighted by Crippen LogP contribution is -1.95. The molecule has 0 radical (unpaired) electrons. The number of hydrogen-bond acceptors (Lipinski definition) is 3. The second kappa shape index (κ2) is 6.25. The molecule has 0 atom stereocenters. The molecule has 0 aliphatic carbocycles. The quantitative estimate of drug-likeness (QED) is 0.891. The van der Waals surface area contributed by atoms with Crippen LogP contribution in [-0.4, -0.2) is 12.2 Å². The van der Waals surface area contributed by atoms with Gasteiger partial charge in [0, 0.05) is 5.56 Å². The van der Waals surface area contributed by atoms with Gasteiger partial charge in [-0.1, -0.05) is 31.2 Å². The number of rotatable bonds is 5. The van der Waals surface area contributed by atoms with E-state index < -0.39 is 0 Å². The van der Waals surface area contributed by atoms with Crippen molar-refractivity contribution in [3.8, 4) is 17.2 Å². The second-order valence-electron chi connectivity index (χ2n) is 4.21. The van der Waals surface area contributed by atoms with Gasteiger partial charge < -0.3 is 14.6 Å². The molecule has 0 bridgehead atoms. The summed E-state index contributed by atoms with van der Waals surface area (Å²) in [6.45, 7) is 2.04. The van der Waals surface area contributed by atoms with E-state index in [-0.39, 0.29) is 6.61 Å². The minimum absolute atomic E-state index is 0.0501. The Balaban J connectivity index is 2.32. The Morgan fingerprint density at radius 2 is 1.79 bits per heavy atom. The van der Waals surface area contributed by atoms with Crippen molar-refractivity contribution in [2.24, 2.45) is 0 Å². The molecule has 1 N–H and O–H groups in total. The number of aliphatic hydroxyl groups excluding tert-OH is 1. The molecular formula is C16H18O3. The highest BCUT2D eigenvalue weighted by molar-refractivity contribution is 5.46. The molecule has 0 spiro atoms. The summed E-state index contributed by atoms with van der Waals surface area (Å²) >= 11 is 0. The Morgan fingerprint density at radius 1 is 1.00 bits per heavy atom. The molecule has 0 aliphatic heterocycles. The van der Waals surface area contributed by atoms with Crippen LogP contribution in [0.1, 0.15) is 18.1 Å². The summed E-state index contributed by atoms with van der Waals surface area (Å²) in [6, 6.07) is 13.3. The van der Waals surface area contributed by atoms with Crippen molar-refractivity contribution in [2.75, 3.05) is 7.11 Å². The van der Waals surface area contributed by atoms with E-state index in [9.17, 15) is 5.11 Å². The van der Waals surface area contributed by atoms with Gasteiger partial charge >= 0.3 is 0 Å². The molecule has 0 heterocycles. The average molecular weight is 258 g/mol. The molecular weight excluding hydrogens is 240 g/mol. The van der Waals surface area contributed by atoms with Crippen molar-refractivity contribution in [2.45, 2.75) is 20.0 Å². The Hall–Kier alpha value is -2.00. The number of aliphatic hydroxyl groups is 1.